The van der Waals surface area contributed by atoms with Crippen LogP contribution in [0.25, 0.3) is 22.3 Å². The number of aromatic hydroxyl groups is 4. The van der Waals surface area contributed by atoms with Crippen LogP contribution in [0.15, 0.2) is 57.7 Å². The van der Waals surface area contributed by atoms with E-state index in [0.717, 1.165) is 6.07 Å². The third-order valence-electron chi connectivity index (χ3n) is 5.75. The molecule has 5 rings (SSSR count). The number of benzene rings is 3. The van der Waals surface area contributed by atoms with Crippen molar-refractivity contribution in [2.75, 3.05) is 13.7 Å². The van der Waals surface area contributed by atoms with E-state index < -0.39 is 35.7 Å². The number of hydrogen-bond acceptors (Lipinski definition) is 10. The third-order valence-corrected chi connectivity index (χ3v) is 5.75. The first-order valence-electron chi connectivity index (χ1n) is 10.5. The van der Waals surface area contributed by atoms with Crippen LogP contribution in [0.5, 0.6) is 40.2 Å². The highest BCUT2D eigenvalue weighted by atomic mass is 16.6. The summed E-state index contributed by atoms with van der Waals surface area (Å²) in [5, 5.41) is 49.8. The first kappa shape index (κ1) is 22.2. The standard InChI is InChI=1S/C25H20O10/c1-32-18-7-12(3-5-14(18)28)24-21(10-26)35-25-20(34-24)9-19-22(23(25)31)16(30)8-17(33-19)11-2-4-13(27)15(29)6-11/h2-9,21,24,26-29,31H,10H2,1H3/t21-,24-/m1/s1. The molecule has 0 saturated heterocycles. The summed E-state index contributed by atoms with van der Waals surface area (Å²) in [5.74, 6) is -1.09. The summed E-state index contributed by atoms with van der Waals surface area (Å²) in [4.78, 5) is 12.9. The zero-order chi connectivity index (χ0) is 24.9. The molecule has 0 radical (unpaired) electrons. The SMILES string of the molecule is COc1cc([C@H]2Oc3cc4oc(-c5ccc(O)c(O)c5)cc(=O)c4c(O)c3O[C@@H]2CO)ccc1O. The van der Waals surface area contributed by atoms with Crippen LogP contribution in [0.4, 0.5) is 0 Å². The van der Waals surface area contributed by atoms with Gasteiger partial charge in [-0.2, -0.15) is 0 Å². The first-order chi connectivity index (χ1) is 16.8. The van der Waals surface area contributed by atoms with E-state index >= 15 is 0 Å². The molecule has 180 valence electrons. The smallest absolute Gasteiger partial charge is 0.204 e. The van der Waals surface area contributed by atoms with Gasteiger partial charge in [0.2, 0.25) is 5.75 Å². The van der Waals surface area contributed by atoms with Crippen LogP contribution in [-0.2, 0) is 0 Å². The maximum absolute atomic E-state index is 12.9. The van der Waals surface area contributed by atoms with Crippen molar-refractivity contribution in [3.05, 3.63) is 64.3 Å². The monoisotopic (exact) mass is 480 g/mol. The number of phenols is 4. The van der Waals surface area contributed by atoms with Crippen molar-refractivity contribution >= 4 is 11.0 Å². The van der Waals surface area contributed by atoms with E-state index in [4.69, 9.17) is 18.6 Å². The van der Waals surface area contributed by atoms with E-state index in [1.54, 1.807) is 6.07 Å². The number of rotatable bonds is 4. The van der Waals surface area contributed by atoms with Crippen LogP contribution >= 0.6 is 0 Å². The van der Waals surface area contributed by atoms with Crippen molar-refractivity contribution in [2.45, 2.75) is 12.2 Å². The lowest BCUT2D eigenvalue weighted by Gasteiger charge is -2.33. The zero-order valence-corrected chi connectivity index (χ0v) is 18.3. The van der Waals surface area contributed by atoms with Gasteiger partial charge in [0.05, 0.1) is 13.7 Å². The Hall–Kier alpha value is -4.57. The lowest BCUT2D eigenvalue weighted by atomic mass is 10.0. The van der Waals surface area contributed by atoms with Crippen molar-refractivity contribution in [2.24, 2.45) is 0 Å². The van der Waals surface area contributed by atoms with E-state index in [9.17, 15) is 30.3 Å². The van der Waals surface area contributed by atoms with Gasteiger partial charge in [-0.05, 0) is 30.3 Å². The summed E-state index contributed by atoms with van der Waals surface area (Å²) in [5.41, 5.74) is 0.259. The van der Waals surface area contributed by atoms with Crippen LogP contribution in [0, 0.1) is 0 Å². The van der Waals surface area contributed by atoms with Gasteiger partial charge in [-0.25, -0.2) is 0 Å². The van der Waals surface area contributed by atoms with Crippen molar-refractivity contribution in [1.82, 2.24) is 0 Å². The molecule has 0 spiro atoms. The Kier molecular flexibility index (Phi) is 5.29. The maximum Gasteiger partial charge on any atom is 0.204 e. The molecule has 1 aromatic heterocycles. The molecular formula is C25H20O10. The number of fused-ring (bicyclic) bond motifs is 2. The predicted molar refractivity (Wildman–Crippen MR) is 122 cm³/mol. The number of ether oxygens (including phenoxy) is 3. The molecule has 4 aromatic rings. The molecule has 0 unspecified atom stereocenters. The molecular weight excluding hydrogens is 460 g/mol. The van der Waals surface area contributed by atoms with Crippen LogP contribution in [-0.4, -0.2) is 45.4 Å². The second-order valence-electron chi connectivity index (χ2n) is 7.91. The summed E-state index contributed by atoms with van der Waals surface area (Å²) in [6, 6.07) is 11.0. The second kappa shape index (κ2) is 8.33. The molecule has 3 aromatic carbocycles. The average Bonchev–Trinajstić information content (AvgIpc) is 2.85. The molecule has 0 saturated carbocycles. The summed E-state index contributed by atoms with van der Waals surface area (Å²) in [6.07, 6.45) is -1.78. The fraction of sp³-hybridized carbons (Fsp3) is 0.160. The quantitative estimate of drug-likeness (QED) is 0.275. The molecule has 35 heavy (non-hydrogen) atoms. The number of aliphatic hydroxyl groups is 1. The van der Waals surface area contributed by atoms with Gasteiger partial charge in [-0.1, -0.05) is 6.07 Å². The largest absolute Gasteiger partial charge is 0.504 e. The van der Waals surface area contributed by atoms with E-state index in [2.05, 4.69) is 0 Å². The topological polar surface area (TPSA) is 159 Å². The van der Waals surface area contributed by atoms with Gasteiger partial charge in [-0.15, -0.1) is 0 Å². The Balaban J connectivity index is 1.63. The Morgan fingerprint density at radius 1 is 0.914 bits per heavy atom. The molecule has 0 bridgehead atoms. The Bertz CT molecular complexity index is 1510. The maximum atomic E-state index is 12.9. The predicted octanol–water partition coefficient (Wildman–Crippen LogP) is 3.16. The molecule has 10 nitrogen and oxygen atoms in total. The van der Waals surface area contributed by atoms with Gasteiger partial charge < -0.3 is 44.2 Å². The Labute approximate surface area is 197 Å². The summed E-state index contributed by atoms with van der Waals surface area (Å²) >= 11 is 0. The summed E-state index contributed by atoms with van der Waals surface area (Å²) < 4.78 is 22.8. The van der Waals surface area contributed by atoms with Gasteiger partial charge >= 0.3 is 0 Å². The molecule has 0 aliphatic carbocycles. The van der Waals surface area contributed by atoms with E-state index in [1.807, 2.05) is 0 Å². The highest BCUT2D eigenvalue weighted by Gasteiger charge is 2.36. The van der Waals surface area contributed by atoms with Gasteiger partial charge in [0.15, 0.2) is 52.1 Å². The van der Waals surface area contributed by atoms with E-state index in [-0.39, 0.29) is 45.5 Å². The van der Waals surface area contributed by atoms with E-state index in [0.29, 0.717) is 11.1 Å². The highest BCUT2D eigenvalue weighted by molar-refractivity contribution is 5.90. The summed E-state index contributed by atoms with van der Waals surface area (Å²) in [7, 11) is 1.40. The van der Waals surface area contributed by atoms with Crippen LogP contribution in [0.3, 0.4) is 0 Å². The average molecular weight is 480 g/mol. The normalized spacial score (nSPS) is 16.9. The Morgan fingerprint density at radius 3 is 2.40 bits per heavy atom. The summed E-state index contributed by atoms with van der Waals surface area (Å²) in [6.45, 7) is -0.470. The number of methoxy groups -OCH3 is 1. The molecule has 2 atom stereocenters. The molecule has 0 fully saturated rings. The molecule has 1 aliphatic heterocycles. The lowest BCUT2D eigenvalue weighted by Crippen LogP contribution is -2.36. The minimum absolute atomic E-state index is 0.00981. The van der Waals surface area contributed by atoms with Crippen molar-refractivity contribution < 1.29 is 44.2 Å². The molecule has 5 N–H and O–H groups in total. The number of phenolic OH excluding ortho intramolecular Hbond substituents is 4. The van der Waals surface area contributed by atoms with Gasteiger partial charge in [0.25, 0.3) is 0 Å². The van der Waals surface area contributed by atoms with Crippen molar-refractivity contribution in [1.29, 1.82) is 0 Å². The lowest BCUT2D eigenvalue weighted by molar-refractivity contribution is -0.0139. The zero-order valence-electron chi connectivity index (χ0n) is 18.3. The molecule has 1 aliphatic rings. The fourth-order valence-electron chi connectivity index (χ4n) is 3.99. The van der Waals surface area contributed by atoms with Gasteiger partial charge in [-0.3, -0.25) is 4.79 Å². The van der Waals surface area contributed by atoms with Crippen molar-refractivity contribution in [3.63, 3.8) is 0 Å². The molecule has 10 heteroatoms. The number of aliphatic hydroxyl groups excluding tert-OH is 1. The van der Waals surface area contributed by atoms with Crippen molar-refractivity contribution in [3.8, 4) is 51.6 Å². The van der Waals surface area contributed by atoms with Crippen LogP contribution in [0.2, 0.25) is 0 Å². The third kappa shape index (κ3) is 3.69. The van der Waals surface area contributed by atoms with Crippen LogP contribution in [0.1, 0.15) is 11.7 Å². The highest BCUT2D eigenvalue weighted by Crippen LogP contribution is 2.49. The molecule has 0 amide bonds. The fourth-order valence-corrected chi connectivity index (χ4v) is 3.99. The number of hydrogen-bond donors (Lipinski definition) is 5. The van der Waals surface area contributed by atoms with Crippen LogP contribution < -0.4 is 19.6 Å². The molecule has 2 heterocycles. The van der Waals surface area contributed by atoms with E-state index in [1.165, 1.54) is 43.5 Å². The first-order valence-corrected chi connectivity index (χ1v) is 10.5. The van der Waals surface area contributed by atoms with Gasteiger partial charge in [0.1, 0.15) is 16.7 Å². The Morgan fingerprint density at radius 2 is 1.69 bits per heavy atom. The minimum atomic E-state index is -0.939. The van der Waals surface area contributed by atoms with Gasteiger partial charge in [0, 0.05) is 23.3 Å². The second-order valence-corrected chi connectivity index (χ2v) is 7.91. The minimum Gasteiger partial charge on any atom is -0.504 e.